The van der Waals surface area contributed by atoms with E-state index in [-0.39, 0.29) is 30.9 Å². The number of cyclic esters (lactones) is 1. The molecule has 2 atom stereocenters. The van der Waals surface area contributed by atoms with E-state index >= 15 is 0 Å². The quantitative estimate of drug-likeness (QED) is 0.754. The third kappa shape index (κ3) is 2.68. The molecule has 0 aromatic heterocycles. The number of rotatable bonds is 3. The normalized spacial score (nSPS) is 23.1. The Morgan fingerprint density at radius 2 is 2.20 bits per heavy atom. The van der Waals surface area contributed by atoms with Crippen LogP contribution in [0.1, 0.15) is 27.2 Å². The van der Waals surface area contributed by atoms with Crippen molar-refractivity contribution in [3.8, 4) is 0 Å². The van der Waals surface area contributed by atoms with Gasteiger partial charge in [-0.2, -0.15) is 0 Å². The number of carbonyl (C=O) groups is 2. The summed E-state index contributed by atoms with van der Waals surface area (Å²) in [5.41, 5.74) is 0. The molecular weight excluding hydrogens is 198 g/mol. The minimum absolute atomic E-state index is 0.0433. The van der Waals surface area contributed by atoms with Gasteiger partial charge in [0.15, 0.2) is 0 Å². The Morgan fingerprint density at radius 1 is 1.60 bits per heavy atom. The average Bonchev–Trinajstić information content (AvgIpc) is 2.45. The summed E-state index contributed by atoms with van der Waals surface area (Å²) in [6.07, 6.45) is -1.38. The van der Waals surface area contributed by atoms with Gasteiger partial charge >= 0.3 is 6.09 Å². The number of imide groups is 1. The van der Waals surface area contributed by atoms with Crippen LogP contribution in [0.15, 0.2) is 0 Å². The van der Waals surface area contributed by atoms with E-state index in [0.29, 0.717) is 0 Å². The number of aliphatic hydroxyl groups excluding tert-OH is 1. The minimum atomic E-state index is -0.737. The Bertz CT molecular complexity index is 262. The lowest BCUT2D eigenvalue weighted by Gasteiger charge is -2.22. The lowest BCUT2D eigenvalue weighted by molar-refractivity contribution is -0.131. The first-order chi connectivity index (χ1) is 6.93. The lowest BCUT2D eigenvalue weighted by atomic mass is 10.0. The van der Waals surface area contributed by atoms with Crippen molar-refractivity contribution < 1.29 is 19.4 Å². The van der Waals surface area contributed by atoms with Crippen LogP contribution >= 0.6 is 0 Å². The molecule has 0 bridgehead atoms. The van der Waals surface area contributed by atoms with Gasteiger partial charge in [0.2, 0.25) is 5.91 Å². The van der Waals surface area contributed by atoms with Crippen LogP contribution in [-0.2, 0) is 9.53 Å². The molecule has 5 nitrogen and oxygen atoms in total. The van der Waals surface area contributed by atoms with E-state index in [1.807, 2.05) is 13.8 Å². The van der Waals surface area contributed by atoms with E-state index < -0.39 is 12.2 Å². The van der Waals surface area contributed by atoms with Crippen LogP contribution in [-0.4, -0.2) is 40.8 Å². The number of nitrogens with zero attached hydrogens (tertiary/aromatic N) is 1. The molecule has 0 spiro atoms. The molecule has 86 valence electrons. The highest BCUT2D eigenvalue weighted by Crippen LogP contribution is 2.20. The van der Waals surface area contributed by atoms with Crippen molar-refractivity contribution >= 4 is 12.0 Å². The van der Waals surface area contributed by atoms with E-state index in [0.717, 1.165) is 4.90 Å². The van der Waals surface area contributed by atoms with Gasteiger partial charge in [-0.3, -0.25) is 4.79 Å². The van der Waals surface area contributed by atoms with Crippen molar-refractivity contribution in [2.24, 2.45) is 5.92 Å². The Hall–Kier alpha value is -1.10. The molecule has 1 aliphatic rings. The summed E-state index contributed by atoms with van der Waals surface area (Å²) in [4.78, 5) is 24.1. The number of ether oxygens (including phenoxy) is 1. The average molecular weight is 215 g/mol. The van der Waals surface area contributed by atoms with Gasteiger partial charge in [-0.1, -0.05) is 13.8 Å². The molecule has 0 unspecified atom stereocenters. The SMILES string of the molecule is CC(C)[C@H]1COC(=O)N1C(=O)C[C@H](C)O. The summed E-state index contributed by atoms with van der Waals surface area (Å²) in [5.74, 6) is -0.208. The van der Waals surface area contributed by atoms with Crippen molar-refractivity contribution in [1.29, 1.82) is 0 Å². The van der Waals surface area contributed by atoms with E-state index in [9.17, 15) is 9.59 Å². The Balaban J connectivity index is 2.71. The van der Waals surface area contributed by atoms with Gasteiger partial charge in [-0.05, 0) is 12.8 Å². The molecule has 0 saturated carbocycles. The van der Waals surface area contributed by atoms with Gasteiger partial charge in [0, 0.05) is 0 Å². The van der Waals surface area contributed by atoms with Crippen molar-refractivity contribution in [3.05, 3.63) is 0 Å². The highest BCUT2D eigenvalue weighted by molar-refractivity contribution is 5.93. The first kappa shape index (κ1) is 12.0. The fourth-order valence-corrected chi connectivity index (χ4v) is 1.56. The second kappa shape index (κ2) is 4.61. The van der Waals surface area contributed by atoms with Crippen LogP contribution in [0.2, 0.25) is 0 Å². The first-order valence-electron chi connectivity index (χ1n) is 5.10. The van der Waals surface area contributed by atoms with Gasteiger partial charge < -0.3 is 9.84 Å². The molecule has 5 heteroatoms. The molecule has 1 heterocycles. The lowest BCUT2D eigenvalue weighted by Crippen LogP contribution is -2.42. The second-order valence-corrected chi connectivity index (χ2v) is 4.21. The van der Waals surface area contributed by atoms with Crippen molar-refractivity contribution in [3.63, 3.8) is 0 Å². The maximum Gasteiger partial charge on any atom is 0.416 e. The third-order valence-corrected chi connectivity index (χ3v) is 2.41. The van der Waals surface area contributed by atoms with Gasteiger partial charge in [-0.25, -0.2) is 9.69 Å². The van der Waals surface area contributed by atoms with Crippen LogP contribution in [0.4, 0.5) is 4.79 Å². The van der Waals surface area contributed by atoms with Gasteiger partial charge in [0.1, 0.15) is 6.61 Å². The summed E-state index contributed by atoms with van der Waals surface area (Å²) in [6.45, 7) is 5.62. The second-order valence-electron chi connectivity index (χ2n) is 4.21. The van der Waals surface area contributed by atoms with Gasteiger partial charge in [0.05, 0.1) is 18.6 Å². The standard InChI is InChI=1S/C10H17NO4/c1-6(2)8-5-15-10(14)11(8)9(13)4-7(3)12/h6-8,12H,4-5H2,1-3H3/t7-,8+/m0/s1. The Morgan fingerprint density at radius 3 is 2.67 bits per heavy atom. The number of aliphatic hydroxyl groups is 1. The van der Waals surface area contributed by atoms with Crippen molar-refractivity contribution in [2.45, 2.75) is 39.3 Å². The van der Waals surface area contributed by atoms with Crippen LogP contribution in [0.25, 0.3) is 0 Å². The zero-order valence-corrected chi connectivity index (χ0v) is 9.27. The number of hydrogen-bond acceptors (Lipinski definition) is 4. The molecule has 2 amide bonds. The smallest absolute Gasteiger partial charge is 0.416 e. The fraction of sp³-hybridized carbons (Fsp3) is 0.800. The van der Waals surface area contributed by atoms with E-state index in [4.69, 9.17) is 9.84 Å². The predicted molar refractivity (Wildman–Crippen MR) is 53.1 cm³/mol. The Labute approximate surface area is 89.0 Å². The zero-order valence-electron chi connectivity index (χ0n) is 9.27. The van der Waals surface area contributed by atoms with E-state index in [2.05, 4.69) is 0 Å². The zero-order chi connectivity index (χ0) is 11.6. The first-order valence-corrected chi connectivity index (χ1v) is 5.10. The third-order valence-electron chi connectivity index (χ3n) is 2.41. The summed E-state index contributed by atoms with van der Waals surface area (Å²) in [5, 5.41) is 9.09. The highest BCUT2D eigenvalue weighted by Gasteiger charge is 2.39. The van der Waals surface area contributed by atoms with Gasteiger partial charge in [-0.15, -0.1) is 0 Å². The molecule has 0 radical (unpaired) electrons. The van der Waals surface area contributed by atoms with Crippen molar-refractivity contribution in [1.82, 2.24) is 4.90 Å². The topological polar surface area (TPSA) is 66.8 Å². The molecular formula is C10H17NO4. The van der Waals surface area contributed by atoms with Crippen LogP contribution in [0, 0.1) is 5.92 Å². The molecule has 1 fully saturated rings. The van der Waals surface area contributed by atoms with Crippen molar-refractivity contribution in [2.75, 3.05) is 6.61 Å². The molecule has 1 aliphatic heterocycles. The molecule has 0 aliphatic carbocycles. The summed E-state index contributed by atoms with van der Waals surface area (Å²) in [6, 6.07) is -0.205. The van der Waals surface area contributed by atoms with Crippen LogP contribution in [0.5, 0.6) is 0 Å². The number of carbonyl (C=O) groups excluding carboxylic acids is 2. The summed E-state index contributed by atoms with van der Waals surface area (Å²) in [7, 11) is 0. The molecule has 0 aromatic rings. The molecule has 1 saturated heterocycles. The molecule has 1 N–H and O–H groups in total. The monoisotopic (exact) mass is 215 g/mol. The van der Waals surface area contributed by atoms with Crippen LogP contribution < -0.4 is 0 Å². The molecule has 0 aromatic carbocycles. The predicted octanol–water partition coefficient (Wildman–Crippen LogP) is 0.761. The Kier molecular flexibility index (Phi) is 3.68. The highest BCUT2D eigenvalue weighted by atomic mass is 16.6. The fourth-order valence-electron chi connectivity index (χ4n) is 1.56. The number of amides is 2. The van der Waals surface area contributed by atoms with Crippen LogP contribution in [0.3, 0.4) is 0 Å². The molecule has 1 rings (SSSR count). The minimum Gasteiger partial charge on any atom is -0.447 e. The summed E-state index contributed by atoms with van der Waals surface area (Å²) < 4.78 is 4.83. The van der Waals surface area contributed by atoms with E-state index in [1.165, 1.54) is 6.92 Å². The molecule has 15 heavy (non-hydrogen) atoms. The number of hydrogen-bond donors (Lipinski definition) is 1. The van der Waals surface area contributed by atoms with Gasteiger partial charge in [0.25, 0.3) is 0 Å². The largest absolute Gasteiger partial charge is 0.447 e. The maximum absolute atomic E-state index is 11.6. The summed E-state index contributed by atoms with van der Waals surface area (Å²) >= 11 is 0. The van der Waals surface area contributed by atoms with E-state index in [1.54, 1.807) is 0 Å². The maximum atomic E-state index is 11.6.